The van der Waals surface area contributed by atoms with Gasteiger partial charge in [-0.15, -0.1) is 0 Å². The van der Waals surface area contributed by atoms with Crippen molar-refractivity contribution in [3.63, 3.8) is 0 Å². The molecule has 0 amide bonds. The SMILES string of the molecule is CCCCCCCC/C=C\CCCCCCCCCC(=O)OC(COCCCCCCCCCCCCCCCCCCCCCCCCCCCC)COC1OC(CO)C(O)C(OS(=O)(=O)O)C1O. The lowest BCUT2D eigenvalue weighted by molar-refractivity contribution is -0.301. The van der Waals surface area contributed by atoms with Gasteiger partial charge in [0.25, 0.3) is 0 Å². The molecule has 6 atom stereocenters. The minimum absolute atomic E-state index is 0.0409. The van der Waals surface area contributed by atoms with Crippen molar-refractivity contribution in [2.75, 3.05) is 26.4 Å². The van der Waals surface area contributed by atoms with Crippen LogP contribution in [0.25, 0.3) is 0 Å². The van der Waals surface area contributed by atoms with Crippen molar-refractivity contribution in [2.45, 2.75) is 320 Å². The van der Waals surface area contributed by atoms with E-state index < -0.39 is 59.8 Å². The van der Waals surface area contributed by atoms with Gasteiger partial charge in [-0.25, -0.2) is 4.18 Å². The molecule has 6 unspecified atom stereocenters. The Morgan fingerprint density at radius 1 is 0.529 bits per heavy atom. The van der Waals surface area contributed by atoms with Crippen molar-refractivity contribution in [1.82, 2.24) is 0 Å². The van der Waals surface area contributed by atoms with Gasteiger partial charge in [-0.1, -0.05) is 251 Å². The van der Waals surface area contributed by atoms with Gasteiger partial charge in [0, 0.05) is 13.0 Å². The van der Waals surface area contributed by atoms with Crippen LogP contribution in [0.3, 0.4) is 0 Å². The number of hydrogen-bond donors (Lipinski definition) is 4. The summed E-state index contributed by atoms with van der Waals surface area (Å²) in [5.41, 5.74) is 0. The normalized spacial score (nSPS) is 19.1. The highest BCUT2D eigenvalue weighted by Crippen LogP contribution is 2.26. The summed E-state index contributed by atoms with van der Waals surface area (Å²) in [5, 5.41) is 30.8. The number of unbranched alkanes of at least 4 members (excludes halogenated alkanes) is 38. The zero-order chi connectivity index (χ0) is 51.0. The minimum Gasteiger partial charge on any atom is -0.457 e. The molecule has 1 rings (SSSR count). The smallest absolute Gasteiger partial charge is 0.397 e. The fourth-order valence-corrected chi connectivity index (χ4v) is 9.94. The lowest BCUT2D eigenvalue weighted by Crippen LogP contribution is -2.60. The van der Waals surface area contributed by atoms with Gasteiger partial charge in [0.1, 0.15) is 30.5 Å². The number of aliphatic hydroxyl groups is 3. The maximum absolute atomic E-state index is 12.9. The van der Waals surface area contributed by atoms with Crippen LogP contribution in [-0.2, 0) is 38.3 Å². The predicted octanol–water partition coefficient (Wildman–Crippen LogP) is 14.5. The van der Waals surface area contributed by atoms with Crippen LogP contribution in [0.15, 0.2) is 12.2 Å². The van der Waals surface area contributed by atoms with E-state index in [9.17, 15) is 33.1 Å². The van der Waals surface area contributed by atoms with E-state index in [4.69, 9.17) is 18.9 Å². The van der Waals surface area contributed by atoms with Crippen LogP contribution < -0.4 is 0 Å². The van der Waals surface area contributed by atoms with Crippen molar-refractivity contribution in [2.24, 2.45) is 0 Å². The van der Waals surface area contributed by atoms with E-state index in [0.717, 1.165) is 44.9 Å². The molecule has 0 aromatic carbocycles. The number of carbonyl (C=O) groups is 1. The summed E-state index contributed by atoms with van der Waals surface area (Å²) in [4.78, 5) is 12.9. The average Bonchev–Trinajstić information content (AvgIpc) is 3.34. The molecule has 0 radical (unpaired) electrons. The highest BCUT2D eigenvalue weighted by atomic mass is 32.3. The van der Waals surface area contributed by atoms with Crippen LogP contribution in [0.1, 0.15) is 284 Å². The maximum Gasteiger partial charge on any atom is 0.397 e. The topological polar surface area (TPSA) is 178 Å². The molecule has 0 spiro atoms. The number of ether oxygens (including phenoxy) is 4. The molecule has 0 bridgehead atoms. The summed E-state index contributed by atoms with van der Waals surface area (Å²) in [6.45, 7) is 4.05. The number of esters is 1. The van der Waals surface area contributed by atoms with Gasteiger partial charge in [-0.3, -0.25) is 9.35 Å². The summed E-state index contributed by atoms with van der Waals surface area (Å²) in [7, 11) is -5.06. The summed E-state index contributed by atoms with van der Waals surface area (Å²) >= 11 is 0. The van der Waals surface area contributed by atoms with Gasteiger partial charge in [0.05, 0.1) is 19.8 Å². The zero-order valence-electron chi connectivity index (χ0n) is 45.1. The van der Waals surface area contributed by atoms with Gasteiger partial charge in [0.15, 0.2) is 6.29 Å². The molecule has 1 fully saturated rings. The molecular formula is C57H110O12S. The Balaban J connectivity index is 2.25. The molecular weight excluding hydrogens is 909 g/mol. The van der Waals surface area contributed by atoms with Crippen LogP contribution >= 0.6 is 0 Å². The van der Waals surface area contributed by atoms with Crippen LogP contribution in [0, 0.1) is 0 Å². The van der Waals surface area contributed by atoms with E-state index in [-0.39, 0.29) is 19.6 Å². The quantitative estimate of drug-likeness (QED) is 0.0196. The van der Waals surface area contributed by atoms with Crippen LogP contribution in [-0.4, -0.2) is 97.5 Å². The molecule has 13 heteroatoms. The second kappa shape index (κ2) is 48.8. The fourth-order valence-electron chi connectivity index (χ4n) is 9.44. The van der Waals surface area contributed by atoms with Crippen LogP contribution in [0.2, 0.25) is 0 Å². The number of rotatable bonds is 53. The van der Waals surface area contributed by atoms with Crippen molar-refractivity contribution < 1.29 is 56.2 Å². The van der Waals surface area contributed by atoms with E-state index in [0.29, 0.717) is 13.0 Å². The molecule has 0 aliphatic carbocycles. The van der Waals surface area contributed by atoms with Gasteiger partial charge < -0.3 is 34.3 Å². The lowest BCUT2D eigenvalue weighted by Gasteiger charge is -2.41. The Bertz CT molecular complexity index is 1270. The third kappa shape index (κ3) is 41.2. The first-order chi connectivity index (χ1) is 34.1. The van der Waals surface area contributed by atoms with E-state index >= 15 is 0 Å². The fraction of sp³-hybridized carbons (Fsp3) is 0.947. The largest absolute Gasteiger partial charge is 0.457 e. The molecule has 1 saturated heterocycles. The number of hydrogen-bond acceptors (Lipinski definition) is 11. The summed E-state index contributed by atoms with van der Waals surface area (Å²) < 4.78 is 59.4. The molecule has 1 aliphatic rings. The first-order valence-corrected chi connectivity index (χ1v) is 30.8. The van der Waals surface area contributed by atoms with Gasteiger partial charge in [0.2, 0.25) is 0 Å². The molecule has 12 nitrogen and oxygen atoms in total. The maximum atomic E-state index is 12.9. The van der Waals surface area contributed by atoms with E-state index in [1.807, 2.05) is 0 Å². The number of allylic oxidation sites excluding steroid dienone is 2. The molecule has 0 saturated carbocycles. The van der Waals surface area contributed by atoms with E-state index in [2.05, 4.69) is 30.2 Å². The van der Waals surface area contributed by atoms with Crippen molar-refractivity contribution in [1.29, 1.82) is 0 Å². The van der Waals surface area contributed by atoms with E-state index in [1.165, 1.54) is 212 Å². The highest BCUT2D eigenvalue weighted by molar-refractivity contribution is 7.80. The molecule has 1 heterocycles. The summed E-state index contributed by atoms with van der Waals surface area (Å²) in [6.07, 6.45) is 48.3. The number of carbonyl (C=O) groups excluding carboxylic acids is 1. The Kier molecular flexibility index (Phi) is 46.6. The Morgan fingerprint density at radius 3 is 1.29 bits per heavy atom. The van der Waals surface area contributed by atoms with Crippen LogP contribution in [0.5, 0.6) is 0 Å². The summed E-state index contributed by atoms with van der Waals surface area (Å²) in [6, 6.07) is 0. The molecule has 70 heavy (non-hydrogen) atoms. The number of aliphatic hydroxyl groups excluding tert-OH is 3. The third-order valence-corrected chi connectivity index (χ3v) is 14.4. The molecule has 1 aliphatic heterocycles. The molecule has 0 aromatic rings. The monoisotopic (exact) mass is 1020 g/mol. The second-order valence-electron chi connectivity index (χ2n) is 20.6. The van der Waals surface area contributed by atoms with Crippen molar-refractivity contribution in [3.05, 3.63) is 12.2 Å². The first kappa shape index (κ1) is 66.9. The minimum atomic E-state index is -5.06. The Morgan fingerprint density at radius 2 is 0.900 bits per heavy atom. The van der Waals surface area contributed by atoms with Crippen LogP contribution in [0.4, 0.5) is 0 Å². The highest BCUT2D eigenvalue weighted by Gasteiger charge is 2.48. The molecule has 0 aromatic heterocycles. The van der Waals surface area contributed by atoms with Gasteiger partial charge in [-0.05, 0) is 38.5 Å². The second-order valence-corrected chi connectivity index (χ2v) is 21.6. The Labute approximate surface area is 429 Å². The van der Waals surface area contributed by atoms with Gasteiger partial charge in [-0.2, -0.15) is 8.42 Å². The van der Waals surface area contributed by atoms with E-state index in [1.54, 1.807) is 0 Å². The van der Waals surface area contributed by atoms with Crippen molar-refractivity contribution in [3.8, 4) is 0 Å². The first-order valence-electron chi connectivity index (χ1n) is 29.4. The predicted molar refractivity (Wildman–Crippen MR) is 285 cm³/mol. The third-order valence-electron chi connectivity index (χ3n) is 13.9. The average molecular weight is 1020 g/mol. The molecule has 4 N–H and O–H groups in total. The Hall–Kier alpha value is -1.16. The van der Waals surface area contributed by atoms with Crippen molar-refractivity contribution >= 4 is 16.4 Å². The summed E-state index contributed by atoms with van der Waals surface area (Å²) in [5.74, 6) is -0.397. The van der Waals surface area contributed by atoms with Gasteiger partial charge >= 0.3 is 16.4 Å². The standard InChI is InChI=1S/C57H110O12S/c1-3-5-7-9-11-13-15-17-19-21-22-23-24-25-26-27-28-29-31-33-35-37-39-41-43-45-47-65-49-51(50-66-57-55(61)56(69-70(62,63)64)54(60)52(48-58)68-57)67-53(59)46-44-42-40-38-36-34-32-30-20-18-16-14-12-10-8-6-4-2/h18,20,51-52,54-58,60-61H,3-17,19,21-50H2,1-2H3,(H,62,63,64)/b20-18-. The zero-order valence-corrected chi connectivity index (χ0v) is 45.9. The molecule has 416 valence electrons. The lowest BCUT2D eigenvalue weighted by atomic mass is 9.99.